The number of aryl methyl sites for hydroxylation is 1. The van der Waals surface area contributed by atoms with Crippen LogP contribution in [0.4, 0.5) is 11.4 Å². The number of nitrogen functional groups attached to an aromatic ring is 1. The summed E-state index contributed by atoms with van der Waals surface area (Å²) in [6.45, 7) is 9.34. The number of sulfonamides is 1. The molecule has 1 aliphatic rings. The van der Waals surface area contributed by atoms with Crippen LogP contribution in [-0.4, -0.2) is 71.9 Å². The largest absolute Gasteiger partial charge is 0.492 e. The first kappa shape index (κ1) is 33.5. The van der Waals surface area contributed by atoms with Gasteiger partial charge in [0, 0.05) is 37.7 Å². The van der Waals surface area contributed by atoms with Crippen molar-refractivity contribution in [2.75, 3.05) is 43.5 Å². The van der Waals surface area contributed by atoms with Crippen LogP contribution < -0.4 is 19.9 Å². The maximum atomic E-state index is 11.4. The highest BCUT2D eigenvalue weighted by Gasteiger charge is 2.20. The quantitative estimate of drug-likeness (QED) is 0.212. The van der Waals surface area contributed by atoms with Gasteiger partial charge < -0.3 is 29.8 Å². The number of benzene rings is 2. The van der Waals surface area contributed by atoms with Crippen LogP contribution in [0.15, 0.2) is 48.7 Å². The second-order valence-electron chi connectivity index (χ2n) is 12.1. The van der Waals surface area contributed by atoms with Crippen molar-refractivity contribution < 1.29 is 27.8 Å². The third-order valence-electron chi connectivity index (χ3n) is 7.47. The first-order chi connectivity index (χ1) is 21.2. The average Bonchev–Trinajstić information content (AvgIpc) is 3.59. The van der Waals surface area contributed by atoms with Gasteiger partial charge in [0.15, 0.2) is 11.5 Å². The van der Waals surface area contributed by atoms with Gasteiger partial charge in [0.25, 0.3) is 0 Å². The summed E-state index contributed by atoms with van der Waals surface area (Å²) < 4.78 is 37.9. The Morgan fingerprint density at radius 1 is 1.13 bits per heavy atom. The molecule has 0 aliphatic carbocycles. The van der Waals surface area contributed by atoms with Gasteiger partial charge in [0.1, 0.15) is 11.5 Å². The second kappa shape index (κ2) is 13.7. The molecule has 0 radical (unpaired) electrons. The van der Waals surface area contributed by atoms with Gasteiger partial charge in [-0.25, -0.2) is 18.2 Å². The number of ether oxygens (including phenoxy) is 2. The summed E-state index contributed by atoms with van der Waals surface area (Å²) in [6.07, 6.45) is 6.11. The number of methoxy groups -OCH3 is 1. The Morgan fingerprint density at radius 3 is 2.47 bits per heavy atom. The van der Waals surface area contributed by atoms with Crippen LogP contribution in [0, 0.1) is 0 Å². The number of nitrogens with two attached hydrogens (primary N) is 1. The number of nitrogens with zero attached hydrogens (tertiary/aromatic N) is 4. The van der Waals surface area contributed by atoms with E-state index in [2.05, 4.69) is 19.6 Å². The highest BCUT2D eigenvalue weighted by atomic mass is 32.2. The molecule has 4 N–H and O–H groups in total. The minimum absolute atomic E-state index is 0.131. The van der Waals surface area contributed by atoms with E-state index in [-0.39, 0.29) is 11.1 Å². The number of para-hydroxylation sites is 1. The topological polar surface area (TPSA) is 162 Å². The van der Waals surface area contributed by atoms with Gasteiger partial charge in [-0.3, -0.25) is 4.72 Å². The van der Waals surface area contributed by atoms with Gasteiger partial charge >= 0.3 is 5.97 Å². The first-order valence-electron chi connectivity index (χ1n) is 14.7. The molecule has 0 saturated carbocycles. The minimum atomic E-state index is -3.37. The highest BCUT2D eigenvalue weighted by molar-refractivity contribution is 7.92. The van der Waals surface area contributed by atoms with Crippen LogP contribution >= 0.6 is 0 Å². The smallest absolute Gasteiger partial charge is 0.352 e. The molecule has 0 amide bonds. The number of rotatable bonds is 9. The fourth-order valence-corrected chi connectivity index (χ4v) is 5.74. The number of nitrogens with one attached hydrogen (secondary N) is 1. The third kappa shape index (κ3) is 8.64. The molecule has 2 aromatic heterocycles. The summed E-state index contributed by atoms with van der Waals surface area (Å²) in [6, 6.07) is 12.4. The summed E-state index contributed by atoms with van der Waals surface area (Å²) in [4.78, 5) is 22.7. The monoisotopic (exact) mass is 638 g/mol. The van der Waals surface area contributed by atoms with Gasteiger partial charge in [-0.15, -0.1) is 0 Å². The van der Waals surface area contributed by atoms with Gasteiger partial charge in [-0.05, 0) is 61.2 Å². The molecule has 0 unspecified atom stereocenters. The van der Waals surface area contributed by atoms with Crippen LogP contribution in [0.2, 0.25) is 0 Å². The Balaban J connectivity index is 0.000000224. The number of aromatic nitrogens is 3. The molecule has 5 rings (SSSR count). The molecule has 1 saturated heterocycles. The first-order valence-corrected chi connectivity index (χ1v) is 16.5. The normalized spacial score (nSPS) is 13.7. The number of carbonyl (C=O) groups is 1. The van der Waals surface area contributed by atoms with E-state index in [0.717, 1.165) is 54.6 Å². The maximum Gasteiger partial charge on any atom is 0.352 e. The van der Waals surface area contributed by atoms with Crippen molar-refractivity contribution in [2.45, 2.75) is 45.4 Å². The Morgan fingerprint density at radius 2 is 1.84 bits per heavy atom. The van der Waals surface area contributed by atoms with E-state index in [1.807, 2.05) is 39.0 Å². The number of anilines is 2. The number of hydrogen-bond donors (Lipinski definition) is 3. The molecular formula is C32H42N6O6S. The molecule has 0 atom stereocenters. The lowest BCUT2D eigenvalue weighted by Gasteiger charge is -2.22. The molecule has 2 aromatic carbocycles. The van der Waals surface area contributed by atoms with Gasteiger partial charge in [0.2, 0.25) is 15.9 Å². The zero-order valence-electron chi connectivity index (χ0n) is 26.6. The van der Waals surface area contributed by atoms with Crippen molar-refractivity contribution in [3.05, 3.63) is 65.7 Å². The lowest BCUT2D eigenvalue weighted by molar-refractivity contribution is 0.0687. The fraction of sp³-hybridized carbons (Fsp3) is 0.406. The summed E-state index contributed by atoms with van der Waals surface area (Å²) in [5.41, 5.74) is 8.42. The van der Waals surface area contributed by atoms with Crippen molar-refractivity contribution in [1.29, 1.82) is 0 Å². The zero-order chi connectivity index (χ0) is 32.9. The predicted molar refractivity (Wildman–Crippen MR) is 176 cm³/mol. The van der Waals surface area contributed by atoms with E-state index < -0.39 is 16.0 Å². The summed E-state index contributed by atoms with van der Waals surface area (Å²) >= 11 is 0. The number of carboxylic acid groups (broad SMARTS) is 1. The molecule has 3 heterocycles. The predicted octanol–water partition coefficient (Wildman–Crippen LogP) is 5.04. The van der Waals surface area contributed by atoms with Crippen molar-refractivity contribution in [3.8, 4) is 17.4 Å². The molecule has 1 fully saturated rings. The molecule has 13 heteroatoms. The third-order valence-corrected chi connectivity index (χ3v) is 8.06. The maximum absolute atomic E-state index is 11.4. The van der Waals surface area contributed by atoms with Gasteiger partial charge in [0.05, 0.1) is 30.3 Å². The van der Waals surface area contributed by atoms with Crippen LogP contribution in [0.25, 0.3) is 10.9 Å². The summed E-state index contributed by atoms with van der Waals surface area (Å²) in [5.74, 6) is 1.17. The van der Waals surface area contributed by atoms with Crippen LogP contribution in [0.3, 0.4) is 0 Å². The second-order valence-corrected chi connectivity index (χ2v) is 13.8. The van der Waals surface area contributed by atoms with Gasteiger partial charge in [-0.1, -0.05) is 32.9 Å². The number of likely N-dealkylation sites (tertiary alicyclic amines) is 1. The Labute approximate surface area is 264 Å². The van der Waals surface area contributed by atoms with E-state index in [0.29, 0.717) is 28.8 Å². The number of fused-ring (bicyclic) bond motifs is 1. The lowest BCUT2D eigenvalue weighted by Crippen LogP contribution is -2.22. The molecule has 1 aliphatic heterocycles. The number of hydrogen-bond acceptors (Lipinski definition) is 9. The Kier molecular flexibility index (Phi) is 10.2. The minimum Gasteiger partial charge on any atom is -0.492 e. The van der Waals surface area contributed by atoms with Crippen molar-refractivity contribution in [1.82, 2.24) is 19.4 Å². The lowest BCUT2D eigenvalue weighted by atomic mass is 9.86. The molecular weight excluding hydrogens is 596 g/mol. The van der Waals surface area contributed by atoms with E-state index >= 15 is 0 Å². The van der Waals surface area contributed by atoms with E-state index in [1.54, 1.807) is 42.1 Å². The number of carboxylic acids is 1. The molecule has 4 aromatic rings. The molecule has 45 heavy (non-hydrogen) atoms. The molecule has 12 nitrogen and oxygen atoms in total. The Hall–Kier alpha value is -4.36. The summed E-state index contributed by atoms with van der Waals surface area (Å²) in [7, 11) is -0.198. The molecule has 242 valence electrons. The Bertz CT molecular complexity index is 1770. The zero-order valence-corrected chi connectivity index (χ0v) is 27.4. The number of aromatic carboxylic acids is 1. The van der Waals surface area contributed by atoms with Crippen LogP contribution in [-0.2, 0) is 28.9 Å². The molecule has 0 bridgehead atoms. The van der Waals surface area contributed by atoms with E-state index in [9.17, 15) is 18.3 Å². The van der Waals surface area contributed by atoms with Gasteiger partial charge in [-0.2, -0.15) is 4.98 Å². The van der Waals surface area contributed by atoms with Crippen LogP contribution in [0.1, 0.15) is 55.5 Å². The van der Waals surface area contributed by atoms with Crippen molar-refractivity contribution >= 4 is 38.3 Å². The summed E-state index contributed by atoms with van der Waals surface area (Å²) in [5, 5.41) is 10.2. The SMILES string of the molecule is COc1c(N)cc(C(C)(C)C)cc1NS(C)(=O)=O.Cn1c(C(=O)O)cc2cccc(Oc3ccnc(CCN4CCCC4)n3)c21. The standard InChI is InChI=1S/C20H22N4O3.C12H20N2O3S/c1-23-15(20(25)26)13-14-5-4-6-16(19(14)23)27-18-7-9-21-17(22-18)8-12-24-10-2-3-11-24;1-12(2,3)8-6-9(13)11(17-4)10(7-8)14-18(5,15)16/h4-7,9,13H,2-3,8,10-12H2,1H3,(H,25,26);6-7,14H,13H2,1-5H3. The highest BCUT2D eigenvalue weighted by Crippen LogP contribution is 2.37. The van der Waals surface area contributed by atoms with Crippen molar-refractivity contribution in [2.24, 2.45) is 7.05 Å². The fourth-order valence-electron chi connectivity index (χ4n) is 5.19. The van der Waals surface area contributed by atoms with Crippen molar-refractivity contribution in [3.63, 3.8) is 0 Å². The van der Waals surface area contributed by atoms with Crippen LogP contribution in [0.5, 0.6) is 17.4 Å². The average molecular weight is 639 g/mol. The van der Waals surface area contributed by atoms with E-state index in [4.69, 9.17) is 15.2 Å². The van der Waals surface area contributed by atoms with E-state index in [1.165, 1.54) is 20.0 Å². The molecule has 0 spiro atoms.